The summed E-state index contributed by atoms with van der Waals surface area (Å²) in [6.07, 6.45) is 3.47. The second kappa shape index (κ2) is 9.05. The Hall–Kier alpha value is -3.61. The number of nitrogens with one attached hydrogen (secondary N) is 1. The van der Waals surface area contributed by atoms with Gasteiger partial charge >= 0.3 is 11.8 Å². The molecule has 0 saturated carbocycles. The van der Waals surface area contributed by atoms with E-state index in [9.17, 15) is 9.59 Å². The van der Waals surface area contributed by atoms with Crippen molar-refractivity contribution in [3.8, 4) is 11.5 Å². The van der Waals surface area contributed by atoms with Crippen LogP contribution in [0.1, 0.15) is 11.1 Å². The number of aryl methyl sites for hydroxylation is 2. The van der Waals surface area contributed by atoms with Crippen LogP contribution in [0.3, 0.4) is 0 Å². The van der Waals surface area contributed by atoms with E-state index in [0.29, 0.717) is 24.5 Å². The fourth-order valence-corrected chi connectivity index (χ4v) is 2.88. The topological polar surface area (TPSA) is 76.5 Å². The molecule has 7 nitrogen and oxygen atoms in total. The molecular weight excluding hydrogens is 368 g/mol. The zero-order valence-corrected chi connectivity index (χ0v) is 16.8. The molecule has 1 heterocycles. The van der Waals surface area contributed by atoms with Gasteiger partial charge in [-0.2, -0.15) is 5.10 Å². The predicted molar refractivity (Wildman–Crippen MR) is 111 cm³/mol. The van der Waals surface area contributed by atoms with E-state index in [4.69, 9.17) is 4.74 Å². The highest BCUT2D eigenvalue weighted by Gasteiger charge is 2.18. The van der Waals surface area contributed by atoms with Crippen LogP contribution < -0.4 is 10.1 Å². The molecule has 1 aromatic heterocycles. The molecular formula is C22H24N4O3. The summed E-state index contributed by atoms with van der Waals surface area (Å²) in [5, 5.41) is 6.69. The van der Waals surface area contributed by atoms with Crippen LogP contribution in [-0.2, 0) is 16.1 Å². The third kappa shape index (κ3) is 5.68. The first-order valence-corrected chi connectivity index (χ1v) is 9.31. The molecule has 3 rings (SSSR count). The van der Waals surface area contributed by atoms with Crippen molar-refractivity contribution < 1.29 is 14.3 Å². The number of hydrogen-bond acceptors (Lipinski definition) is 4. The molecule has 2 aromatic carbocycles. The Morgan fingerprint density at radius 3 is 2.38 bits per heavy atom. The van der Waals surface area contributed by atoms with Gasteiger partial charge in [0.15, 0.2) is 0 Å². The molecule has 0 radical (unpaired) electrons. The number of benzene rings is 2. The molecule has 0 aliphatic carbocycles. The van der Waals surface area contributed by atoms with E-state index in [1.165, 1.54) is 4.90 Å². The molecule has 0 saturated heterocycles. The Kier molecular flexibility index (Phi) is 6.29. The molecule has 3 aromatic rings. The number of carbonyl (C=O) groups excluding carboxylic acids is 2. The Balaban J connectivity index is 1.54. The molecule has 0 fully saturated rings. The first-order chi connectivity index (χ1) is 13.9. The van der Waals surface area contributed by atoms with Crippen LogP contribution in [0.4, 0.5) is 5.69 Å². The molecule has 0 spiro atoms. The number of aromatic nitrogens is 2. The minimum absolute atomic E-state index is 0.386. The number of ether oxygens (including phenoxy) is 1. The van der Waals surface area contributed by atoms with E-state index in [0.717, 1.165) is 16.9 Å². The van der Waals surface area contributed by atoms with Crippen molar-refractivity contribution in [2.45, 2.75) is 20.4 Å². The van der Waals surface area contributed by atoms with Gasteiger partial charge in [0.2, 0.25) is 0 Å². The number of rotatable bonds is 6. The Labute approximate surface area is 169 Å². The normalized spacial score (nSPS) is 10.4. The van der Waals surface area contributed by atoms with Gasteiger partial charge in [0.1, 0.15) is 11.5 Å². The van der Waals surface area contributed by atoms with Crippen molar-refractivity contribution in [3.63, 3.8) is 0 Å². The van der Waals surface area contributed by atoms with Crippen LogP contribution in [0.25, 0.3) is 0 Å². The second-order valence-electron chi connectivity index (χ2n) is 6.90. The number of hydrogen-bond donors (Lipinski definition) is 1. The zero-order chi connectivity index (χ0) is 20.8. The lowest BCUT2D eigenvalue weighted by Gasteiger charge is -2.16. The molecule has 2 amide bonds. The van der Waals surface area contributed by atoms with E-state index in [1.807, 2.05) is 32.0 Å². The Morgan fingerprint density at radius 1 is 1.07 bits per heavy atom. The van der Waals surface area contributed by atoms with Crippen molar-refractivity contribution in [1.82, 2.24) is 14.7 Å². The molecule has 1 N–H and O–H groups in total. The highest BCUT2D eigenvalue weighted by Crippen LogP contribution is 2.25. The molecule has 0 aliphatic rings. The largest absolute Gasteiger partial charge is 0.457 e. The van der Waals surface area contributed by atoms with Gasteiger partial charge < -0.3 is 15.0 Å². The van der Waals surface area contributed by atoms with Crippen LogP contribution in [0.15, 0.2) is 60.9 Å². The van der Waals surface area contributed by atoms with Crippen molar-refractivity contribution in [1.29, 1.82) is 0 Å². The first kappa shape index (κ1) is 20.1. The Morgan fingerprint density at radius 2 is 1.76 bits per heavy atom. The van der Waals surface area contributed by atoms with E-state index in [2.05, 4.69) is 16.5 Å². The third-order valence-corrected chi connectivity index (χ3v) is 4.31. The Bertz CT molecular complexity index is 962. The van der Waals surface area contributed by atoms with E-state index in [-0.39, 0.29) is 0 Å². The predicted octanol–water partition coefficient (Wildman–Crippen LogP) is 3.39. The quantitative estimate of drug-likeness (QED) is 0.653. The average molecular weight is 392 g/mol. The minimum atomic E-state index is -0.684. The van der Waals surface area contributed by atoms with Crippen molar-refractivity contribution in [2.75, 3.05) is 18.9 Å². The van der Waals surface area contributed by atoms with E-state index >= 15 is 0 Å². The van der Waals surface area contributed by atoms with Crippen molar-refractivity contribution >= 4 is 17.5 Å². The number of carbonyl (C=O) groups is 2. The second-order valence-corrected chi connectivity index (χ2v) is 6.90. The monoisotopic (exact) mass is 392 g/mol. The summed E-state index contributed by atoms with van der Waals surface area (Å²) in [5.74, 6) is 0.118. The lowest BCUT2D eigenvalue weighted by molar-refractivity contribution is -0.142. The van der Waals surface area contributed by atoms with Gasteiger partial charge in [-0.25, -0.2) is 0 Å². The first-order valence-electron chi connectivity index (χ1n) is 9.31. The lowest BCUT2D eigenvalue weighted by Crippen LogP contribution is -2.38. The highest BCUT2D eigenvalue weighted by molar-refractivity contribution is 6.39. The molecule has 0 bridgehead atoms. The van der Waals surface area contributed by atoms with Gasteiger partial charge in [-0.05, 0) is 67.4 Å². The van der Waals surface area contributed by atoms with Crippen LogP contribution in [-0.4, -0.2) is 40.1 Å². The van der Waals surface area contributed by atoms with Crippen LogP contribution in [0.5, 0.6) is 11.5 Å². The van der Waals surface area contributed by atoms with Gasteiger partial charge in [0.05, 0.1) is 6.54 Å². The standard InChI is InChI=1S/C22H24N4O3/c1-16-13-17(2)15-20(14-16)29-19-7-5-18(6-8-19)24-21(27)22(28)25(3)11-12-26-10-4-9-23-26/h4-10,13-15H,11-12H2,1-3H3,(H,24,27). The maximum Gasteiger partial charge on any atom is 0.313 e. The molecule has 0 aliphatic heterocycles. The SMILES string of the molecule is Cc1cc(C)cc(Oc2ccc(NC(=O)C(=O)N(C)CCn3cccn3)cc2)c1. The zero-order valence-electron chi connectivity index (χ0n) is 16.8. The lowest BCUT2D eigenvalue weighted by atomic mass is 10.1. The van der Waals surface area contributed by atoms with Crippen molar-refractivity contribution in [2.24, 2.45) is 0 Å². The molecule has 29 heavy (non-hydrogen) atoms. The highest BCUT2D eigenvalue weighted by atomic mass is 16.5. The van der Waals surface area contributed by atoms with E-state index < -0.39 is 11.8 Å². The summed E-state index contributed by atoms with van der Waals surface area (Å²) in [7, 11) is 1.59. The maximum absolute atomic E-state index is 12.2. The van der Waals surface area contributed by atoms with Gasteiger partial charge in [-0.3, -0.25) is 14.3 Å². The summed E-state index contributed by atoms with van der Waals surface area (Å²) in [6, 6.07) is 14.7. The van der Waals surface area contributed by atoms with Crippen LogP contribution in [0, 0.1) is 13.8 Å². The third-order valence-electron chi connectivity index (χ3n) is 4.31. The number of likely N-dealkylation sites (N-methyl/N-ethyl adjacent to an activating group) is 1. The van der Waals surface area contributed by atoms with Crippen LogP contribution >= 0.6 is 0 Å². The summed E-state index contributed by atoms with van der Waals surface area (Å²) in [5.41, 5.74) is 2.77. The molecule has 0 unspecified atom stereocenters. The summed E-state index contributed by atoms with van der Waals surface area (Å²) >= 11 is 0. The summed E-state index contributed by atoms with van der Waals surface area (Å²) < 4.78 is 7.56. The molecule has 0 atom stereocenters. The van der Waals surface area contributed by atoms with Crippen LogP contribution in [0.2, 0.25) is 0 Å². The number of nitrogens with zero attached hydrogens (tertiary/aromatic N) is 3. The number of anilines is 1. The van der Waals surface area contributed by atoms with Gasteiger partial charge in [0.25, 0.3) is 0 Å². The fourth-order valence-electron chi connectivity index (χ4n) is 2.88. The smallest absolute Gasteiger partial charge is 0.313 e. The average Bonchev–Trinajstić information content (AvgIpc) is 3.20. The van der Waals surface area contributed by atoms with Gasteiger partial charge in [-0.1, -0.05) is 6.07 Å². The van der Waals surface area contributed by atoms with Crippen molar-refractivity contribution in [3.05, 3.63) is 72.1 Å². The summed E-state index contributed by atoms with van der Waals surface area (Å²) in [6.45, 7) is 4.94. The number of amides is 2. The van der Waals surface area contributed by atoms with E-state index in [1.54, 1.807) is 48.4 Å². The summed E-state index contributed by atoms with van der Waals surface area (Å²) in [4.78, 5) is 25.8. The molecule has 7 heteroatoms. The minimum Gasteiger partial charge on any atom is -0.457 e. The fraction of sp³-hybridized carbons (Fsp3) is 0.227. The maximum atomic E-state index is 12.2. The van der Waals surface area contributed by atoms with Gasteiger partial charge in [-0.15, -0.1) is 0 Å². The molecule has 150 valence electrons. The van der Waals surface area contributed by atoms with Gasteiger partial charge in [0, 0.05) is 31.7 Å².